The van der Waals surface area contributed by atoms with E-state index in [-0.39, 0.29) is 17.8 Å². The normalized spacial score (nSPS) is 24.4. The minimum Gasteiger partial charge on any atom is -0.484 e. The molecule has 1 aliphatic rings. The van der Waals surface area contributed by atoms with Gasteiger partial charge in [-0.3, -0.25) is 19.2 Å². The van der Waals surface area contributed by atoms with E-state index >= 15 is 0 Å². The second-order valence-corrected chi connectivity index (χ2v) is 8.81. The molecule has 1 rings (SSSR count). The van der Waals surface area contributed by atoms with Gasteiger partial charge in [0.1, 0.15) is 12.7 Å². The van der Waals surface area contributed by atoms with Crippen LogP contribution in [0.2, 0.25) is 0 Å². The van der Waals surface area contributed by atoms with Gasteiger partial charge in [-0.1, -0.05) is 13.8 Å². The maximum absolute atomic E-state index is 12.9. The van der Waals surface area contributed by atoms with Gasteiger partial charge < -0.3 is 33.2 Å². The van der Waals surface area contributed by atoms with Crippen molar-refractivity contribution in [3.63, 3.8) is 0 Å². The van der Waals surface area contributed by atoms with Crippen LogP contribution in [0.4, 0.5) is 0 Å². The van der Waals surface area contributed by atoms with E-state index in [9.17, 15) is 24.0 Å². The Bertz CT molecular complexity index is 859. The average Bonchev–Trinajstić information content (AvgIpc) is 2.72. The molecule has 0 N–H and O–H groups in total. The van der Waals surface area contributed by atoms with Gasteiger partial charge in [-0.15, -0.1) is 0 Å². The standard InChI is InChI=1S/C24H36O12/c1-11(2)13(5)19(31-12(3)4)23(29)30-10-18-20(32-14(6)25)21(33-15(7)26)22(34-16(8)27)24(36-18)35-17(9)28/h11-12,18,20-22,24H,10H2,1-9H3/b19-13-/t18?,20-,21-,22?,24-/m0/s1. The number of esters is 5. The fourth-order valence-corrected chi connectivity index (χ4v) is 3.27. The predicted octanol–water partition coefficient (Wildman–Crippen LogP) is 1.97. The largest absolute Gasteiger partial charge is 0.484 e. The van der Waals surface area contributed by atoms with E-state index in [0.29, 0.717) is 5.57 Å². The van der Waals surface area contributed by atoms with Crippen molar-refractivity contribution in [3.8, 4) is 0 Å². The lowest BCUT2D eigenvalue weighted by molar-refractivity contribution is -0.300. The van der Waals surface area contributed by atoms with Crippen LogP contribution >= 0.6 is 0 Å². The third-order valence-corrected chi connectivity index (χ3v) is 4.92. The lowest BCUT2D eigenvalue weighted by Crippen LogP contribution is -2.63. The molecule has 2 unspecified atom stereocenters. The quantitative estimate of drug-likeness (QED) is 0.181. The monoisotopic (exact) mass is 516 g/mol. The van der Waals surface area contributed by atoms with E-state index in [1.807, 2.05) is 13.8 Å². The Hall–Kier alpha value is -3.15. The summed E-state index contributed by atoms with van der Waals surface area (Å²) >= 11 is 0. The van der Waals surface area contributed by atoms with Gasteiger partial charge in [-0.05, 0) is 32.3 Å². The van der Waals surface area contributed by atoms with Gasteiger partial charge in [0, 0.05) is 27.7 Å². The van der Waals surface area contributed by atoms with Crippen LogP contribution in [-0.2, 0) is 57.1 Å². The Morgan fingerprint density at radius 3 is 1.61 bits per heavy atom. The van der Waals surface area contributed by atoms with Gasteiger partial charge in [0.25, 0.3) is 0 Å². The predicted molar refractivity (Wildman–Crippen MR) is 122 cm³/mol. The van der Waals surface area contributed by atoms with Crippen molar-refractivity contribution in [1.82, 2.24) is 0 Å². The van der Waals surface area contributed by atoms with Crippen LogP contribution in [0, 0.1) is 5.92 Å². The lowest BCUT2D eigenvalue weighted by atomic mass is 9.98. The van der Waals surface area contributed by atoms with E-state index in [1.165, 1.54) is 0 Å². The van der Waals surface area contributed by atoms with E-state index in [4.69, 9.17) is 33.2 Å². The minimum absolute atomic E-state index is 0.0165. The fraction of sp³-hybridized carbons (Fsp3) is 0.708. The number of carbonyl (C=O) groups is 5. The highest BCUT2D eigenvalue weighted by Crippen LogP contribution is 2.30. The molecular weight excluding hydrogens is 480 g/mol. The summed E-state index contributed by atoms with van der Waals surface area (Å²) in [5, 5.41) is 0. The highest BCUT2D eigenvalue weighted by molar-refractivity contribution is 5.87. The molecule has 0 aliphatic carbocycles. The molecule has 1 fully saturated rings. The number of hydrogen-bond acceptors (Lipinski definition) is 12. The Kier molecular flexibility index (Phi) is 11.8. The molecule has 1 saturated heterocycles. The molecule has 12 heteroatoms. The summed E-state index contributed by atoms with van der Waals surface area (Å²) in [6.45, 7) is 12.9. The zero-order valence-electron chi connectivity index (χ0n) is 22.1. The van der Waals surface area contributed by atoms with Gasteiger partial charge in [0.05, 0.1) is 6.10 Å². The molecular formula is C24H36O12. The van der Waals surface area contributed by atoms with Crippen LogP contribution in [-0.4, -0.2) is 73.3 Å². The van der Waals surface area contributed by atoms with Gasteiger partial charge in [0.2, 0.25) is 18.2 Å². The smallest absolute Gasteiger partial charge is 0.373 e. The van der Waals surface area contributed by atoms with E-state index in [1.54, 1.807) is 20.8 Å². The summed E-state index contributed by atoms with van der Waals surface area (Å²) in [5.74, 6) is -3.95. The molecule has 5 atom stereocenters. The molecule has 0 spiro atoms. The Morgan fingerprint density at radius 1 is 0.694 bits per heavy atom. The van der Waals surface area contributed by atoms with E-state index < -0.39 is 67.2 Å². The maximum atomic E-state index is 12.9. The van der Waals surface area contributed by atoms with Gasteiger partial charge in [-0.25, -0.2) is 4.79 Å². The van der Waals surface area contributed by atoms with Crippen LogP contribution in [0.3, 0.4) is 0 Å². The number of carbonyl (C=O) groups excluding carboxylic acids is 5. The van der Waals surface area contributed by atoms with Crippen molar-refractivity contribution in [2.75, 3.05) is 6.61 Å². The SMILES string of the molecule is CC(=O)OC1[C@@H](OC(C)=O)OC(COC(=O)/C(OC(C)C)=C(\C)C(C)C)[C@H](OC(C)=O)[C@@H]1OC(C)=O. The van der Waals surface area contributed by atoms with Crippen LogP contribution in [0.15, 0.2) is 11.3 Å². The van der Waals surface area contributed by atoms with Crippen molar-refractivity contribution in [2.24, 2.45) is 5.92 Å². The summed E-state index contributed by atoms with van der Waals surface area (Å²) in [6, 6.07) is 0. The average molecular weight is 517 g/mol. The van der Waals surface area contributed by atoms with Crippen molar-refractivity contribution >= 4 is 29.8 Å². The zero-order chi connectivity index (χ0) is 27.7. The highest BCUT2D eigenvalue weighted by Gasteiger charge is 2.53. The summed E-state index contributed by atoms with van der Waals surface area (Å²) in [5.41, 5.74) is 0.653. The Balaban J connectivity index is 3.37. The molecule has 0 saturated carbocycles. The second kappa shape index (κ2) is 13.8. The van der Waals surface area contributed by atoms with Crippen molar-refractivity contribution in [1.29, 1.82) is 0 Å². The minimum atomic E-state index is -1.55. The molecule has 1 aliphatic heterocycles. The topological polar surface area (TPSA) is 150 Å². The van der Waals surface area contributed by atoms with Gasteiger partial charge in [-0.2, -0.15) is 0 Å². The highest BCUT2D eigenvalue weighted by atomic mass is 16.7. The summed E-state index contributed by atoms with van der Waals surface area (Å²) in [7, 11) is 0. The molecule has 0 aromatic rings. The number of allylic oxidation sites excluding steroid dienone is 1. The number of rotatable bonds is 10. The summed E-state index contributed by atoms with van der Waals surface area (Å²) < 4.78 is 37.8. The van der Waals surface area contributed by atoms with Crippen molar-refractivity contribution < 1.29 is 57.1 Å². The van der Waals surface area contributed by atoms with Crippen LogP contribution < -0.4 is 0 Å². The van der Waals surface area contributed by atoms with Gasteiger partial charge in [0.15, 0.2) is 12.2 Å². The van der Waals surface area contributed by atoms with Crippen LogP contribution in [0.1, 0.15) is 62.3 Å². The maximum Gasteiger partial charge on any atom is 0.373 e. The second-order valence-electron chi connectivity index (χ2n) is 8.81. The third-order valence-electron chi connectivity index (χ3n) is 4.92. The first-order valence-electron chi connectivity index (χ1n) is 11.5. The van der Waals surface area contributed by atoms with Crippen molar-refractivity contribution in [3.05, 3.63) is 11.3 Å². The van der Waals surface area contributed by atoms with Crippen LogP contribution in [0.25, 0.3) is 0 Å². The van der Waals surface area contributed by atoms with Gasteiger partial charge >= 0.3 is 29.8 Å². The molecule has 204 valence electrons. The molecule has 36 heavy (non-hydrogen) atoms. The lowest BCUT2D eigenvalue weighted by Gasteiger charge is -2.43. The Labute approximate surface area is 210 Å². The number of ether oxygens (including phenoxy) is 7. The summed E-state index contributed by atoms with van der Waals surface area (Å²) in [6.07, 6.45) is -7.40. The Morgan fingerprint density at radius 2 is 1.17 bits per heavy atom. The molecule has 12 nitrogen and oxygen atoms in total. The molecule has 1 heterocycles. The van der Waals surface area contributed by atoms with Crippen molar-refractivity contribution in [2.45, 2.75) is 99.1 Å². The molecule has 0 radical (unpaired) electrons. The fourth-order valence-electron chi connectivity index (χ4n) is 3.27. The van der Waals surface area contributed by atoms with E-state index in [2.05, 4.69) is 0 Å². The molecule has 0 amide bonds. The number of hydrogen-bond donors (Lipinski definition) is 0. The summed E-state index contributed by atoms with van der Waals surface area (Å²) in [4.78, 5) is 60.0. The first kappa shape index (κ1) is 30.9. The van der Waals surface area contributed by atoms with E-state index in [0.717, 1.165) is 27.7 Å². The molecule has 0 aromatic carbocycles. The van der Waals surface area contributed by atoms with Crippen LogP contribution in [0.5, 0.6) is 0 Å². The molecule has 0 aromatic heterocycles. The first-order valence-corrected chi connectivity index (χ1v) is 11.5. The zero-order valence-corrected chi connectivity index (χ0v) is 22.1. The molecule has 0 bridgehead atoms. The first-order chi connectivity index (χ1) is 16.6. The third kappa shape index (κ3) is 9.48.